The summed E-state index contributed by atoms with van der Waals surface area (Å²) in [6.07, 6.45) is 12.9. The lowest BCUT2D eigenvalue weighted by Crippen LogP contribution is -1.95. The number of para-hydroxylation sites is 2. The molecule has 2 aromatic heterocycles. The highest BCUT2D eigenvalue weighted by molar-refractivity contribution is 6.15. The van der Waals surface area contributed by atoms with Crippen molar-refractivity contribution in [3.05, 3.63) is 108 Å². The van der Waals surface area contributed by atoms with Crippen molar-refractivity contribution in [3.63, 3.8) is 0 Å². The van der Waals surface area contributed by atoms with Crippen molar-refractivity contribution in [2.24, 2.45) is 0 Å². The Morgan fingerprint density at radius 1 is 0.667 bits per heavy atom. The predicted molar refractivity (Wildman–Crippen MR) is 117 cm³/mol. The Morgan fingerprint density at radius 3 is 1.53 bits per heavy atom. The van der Waals surface area contributed by atoms with E-state index < -0.39 is 0 Å². The molecule has 5 heteroatoms. The van der Waals surface area contributed by atoms with Crippen molar-refractivity contribution in [1.82, 2.24) is 19.6 Å². The molecule has 0 saturated heterocycles. The van der Waals surface area contributed by atoms with Gasteiger partial charge in [0.2, 0.25) is 0 Å². The fourth-order valence-electron chi connectivity index (χ4n) is 3.65. The van der Waals surface area contributed by atoms with Crippen molar-refractivity contribution in [2.45, 2.75) is 12.8 Å². The van der Waals surface area contributed by atoms with Crippen LogP contribution in [0.5, 0.6) is 0 Å². The molecule has 146 valence electrons. The maximum absolute atomic E-state index is 12.9. The van der Waals surface area contributed by atoms with Gasteiger partial charge < -0.3 is 0 Å². The minimum absolute atomic E-state index is 0.106. The van der Waals surface area contributed by atoms with Gasteiger partial charge in [-0.1, -0.05) is 36.4 Å². The van der Waals surface area contributed by atoms with E-state index in [2.05, 4.69) is 10.2 Å². The Kier molecular flexibility index (Phi) is 4.69. The third kappa shape index (κ3) is 3.65. The highest BCUT2D eigenvalue weighted by atomic mass is 16.1. The number of Topliss-reactive ketones (excluding diaryl/α,β-unsaturated/α-hetero) is 1. The third-order valence-corrected chi connectivity index (χ3v) is 5.18. The lowest BCUT2D eigenvalue weighted by Gasteiger charge is -1.99. The van der Waals surface area contributed by atoms with Crippen molar-refractivity contribution in [3.8, 4) is 11.4 Å². The molecule has 4 aromatic rings. The van der Waals surface area contributed by atoms with E-state index in [1.165, 1.54) is 0 Å². The molecule has 0 amide bonds. The Morgan fingerprint density at radius 2 is 1.10 bits per heavy atom. The maximum Gasteiger partial charge on any atom is 0.185 e. The molecule has 30 heavy (non-hydrogen) atoms. The van der Waals surface area contributed by atoms with Gasteiger partial charge in [0, 0.05) is 34.7 Å². The topological polar surface area (TPSA) is 52.7 Å². The minimum atomic E-state index is 0.106. The lowest BCUT2D eigenvalue weighted by atomic mass is 10.1. The largest absolute Gasteiger partial charge is 0.289 e. The molecule has 5 nitrogen and oxygen atoms in total. The van der Waals surface area contributed by atoms with Crippen LogP contribution in [-0.2, 0) is 4.79 Å². The predicted octanol–water partition coefficient (Wildman–Crippen LogP) is 4.89. The normalized spacial score (nSPS) is 16.6. The zero-order valence-corrected chi connectivity index (χ0v) is 16.3. The van der Waals surface area contributed by atoms with Crippen LogP contribution in [0.2, 0.25) is 0 Å². The number of allylic oxidation sites excluding steroid dienone is 2. The number of carbonyl (C=O) groups excluding carboxylic acids is 1. The van der Waals surface area contributed by atoms with Crippen molar-refractivity contribution in [2.75, 3.05) is 0 Å². The number of rotatable bonds is 4. The van der Waals surface area contributed by atoms with Gasteiger partial charge in [0.15, 0.2) is 5.78 Å². The summed E-state index contributed by atoms with van der Waals surface area (Å²) in [4.78, 5) is 12.9. The van der Waals surface area contributed by atoms with Crippen LogP contribution in [0.4, 0.5) is 0 Å². The van der Waals surface area contributed by atoms with Crippen LogP contribution in [-0.4, -0.2) is 25.3 Å². The summed E-state index contributed by atoms with van der Waals surface area (Å²) in [6.45, 7) is 0. The van der Waals surface area contributed by atoms with Gasteiger partial charge >= 0.3 is 0 Å². The highest BCUT2D eigenvalue weighted by Gasteiger charge is 2.23. The van der Waals surface area contributed by atoms with Crippen LogP contribution in [0.25, 0.3) is 23.5 Å². The number of hydrogen-bond acceptors (Lipinski definition) is 3. The van der Waals surface area contributed by atoms with Gasteiger partial charge in [0.1, 0.15) is 0 Å². The summed E-state index contributed by atoms with van der Waals surface area (Å²) in [5.74, 6) is 0.106. The van der Waals surface area contributed by atoms with Gasteiger partial charge in [0.25, 0.3) is 0 Å². The number of hydrogen-bond donors (Lipinski definition) is 0. The van der Waals surface area contributed by atoms with Gasteiger partial charge in [-0.2, -0.15) is 10.2 Å². The summed E-state index contributed by atoms with van der Waals surface area (Å²) < 4.78 is 3.64. The number of benzene rings is 2. The number of nitrogens with zero attached hydrogens (tertiary/aromatic N) is 4. The first-order chi connectivity index (χ1) is 14.8. The zero-order valence-electron chi connectivity index (χ0n) is 16.3. The van der Waals surface area contributed by atoms with Crippen molar-refractivity contribution < 1.29 is 4.79 Å². The molecular formula is C25H20N4O. The monoisotopic (exact) mass is 392 g/mol. The second-order valence-electron chi connectivity index (χ2n) is 7.28. The van der Waals surface area contributed by atoms with Crippen LogP contribution < -0.4 is 0 Å². The summed E-state index contributed by atoms with van der Waals surface area (Å²) in [7, 11) is 0. The molecule has 0 atom stereocenters. The molecule has 1 aliphatic rings. The van der Waals surface area contributed by atoms with E-state index in [-0.39, 0.29) is 5.78 Å². The van der Waals surface area contributed by atoms with Gasteiger partial charge in [-0.15, -0.1) is 0 Å². The maximum atomic E-state index is 12.9. The first-order valence-electron chi connectivity index (χ1n) is 9.92. The third-order valence-electron chi connectivity index (χ3n) is 5.18. The van der Waals surface area contributed by atoms with Crippen LogP contribution >= 0.6 is 0 Å². The fourth-order valence-corrected chi connectivity index (χ4v) is 3.65. The van der Waals surface area contributed by atoms with Crippen LogP contribution in [0.15, 0.2) is 96.6 Å². The van der Waals surface area contributed by atoms with E-state index >= 15 is 0 Å². The van der Waals surface area contributed by atoms with E-state index in [9.17, 15) is 4.79 Å². The molecule has 0 radical (unpaired) electrons. The molecule has 1 aliphatic carbocycles. The quantitative estimate of drug-likeness (QED) is 0.465. The van der Waals surface area contributed by atoms with E-state index in [1.807, 2.05) is 94.6 Å². The molecule has 5 rings (SSSR count). The van der Waals surface area contributed by atoms with Gasteiger partial charge in [-0.05, 0) is 49.3 Å². The second-order valence-corrected chi connectivity index (χ2v) is 7.28. The Bertz CT molecular complexity index is 1150. The fraction of sp³-hybridized carbons (Fsp3) is 0.0800. The van der Waals surface area contributed by atoms with Crippen molar-refractivity contribution in [1.29, 1.82) is 0 Å². The number of carbonyl (C=O) groups is 1. The van der Waals surface area contributed by atoms with Crippen LogP contribution in [0.3, 0.4) is 0 Å². The Balaban J connectivity index is 1.34. The van der Waals surface area contributed by atoms with E-state index in [1.54, 1.807) is 12.4 Å². The SMILES string of the molecule is O=C1/C(=C/c2cnn(-c3ccccc3)c2)CC/C1=C\c1cnn(-c2ccccc2)c1. The van der Waals surface area contributed by atoms with Crippen LogP contribution in [0, 0.1) is 0 Å². The average Bonchev–Trinajstić information content (AvgIpc) is 3.53. The second kappa shape index (κ2) is 7.79. The molecule has 2 heterocycles. The molecule has 1 fully saturated rings. The molecule has 0 bridgehead atoms. The van der Waals surface area contributed by atoms with Crippen molar-refractivity contribution >= 4 is 17.9 Å². The standard InChI is InChI=1S/C25H20N4O/c30-25-21(13-19-15-26-28(17-19)23-7-3-1-4-8-23)11-12-22(25)14-20-16-27-29(18-20)24-9-5-2-6-10-24/h1-10,13-18H,11-12H2/b21-13+,22-14+. The smallest absolute Gasteiger partial charge is 0.185 e. The zero-order chi connectivity index (χ0) is 20.3. The van der Waals surface area contributed by atoms with Gasteiger partial charge in [0.05, 0.1) is 23.8 Å². The van der Waals surface area contributed by atoms with E-state index in [0.29, 0.717) is 0 Å². The summed E-state index contributed by atoms with van der Waals surface area (Å²) >= 11 is 0. The first-order valence-corrected chi connectivity index (χ1v) is 9.92. The average molecular weight is 392 g/mol. The number of aromatic nitrogens is 4. The highest BCUT2D eigenvalue weighted by Crippen LogP contribution is 2.29. The minimum Gasteiger partial charge on any atom is -0.289 e. The van der Waals surface area contributed by atoms with Crippen LogP contribution in [0.1, 0.15) is 24.0 Å². The first kappa shape index (κ1) is 18.1. The summed E-state index contributed by atoms with van der Waals surface area (Å²) in [6, 6.07) is 19.9. The summed E-state index contributed by atoms with van der Waals surface area (Å²) in [5.41, 5.74) is 5.50. The Hall–Kier alpha value is -3.99. The number of ketones is 1. The molecule has 2 aromatic carbocycles. The van der Waals surface area contributed by atoms with Gasteiger partial charge in [-0.3, -0.25) is 4.79 Å². The van der Waals surface area contributed by atoms with E-state index in [0.717, 1.165) is 46.5 Å². The van der Waals surface area contributed by atoms with E-state index in [4.69, 9.17) is 0 Å². The molecular weight excluding hydrogens is 372 g/mol. The lowest BCUT2D eigenvalue weighted by molar-refractivity contribution is -0.111. The molecule has 0 aliphatic heterocycles. The molecule has 0 unspecified atom stereocenters. The molecule has 1 saturated carbocycles. The van der Waals surface area contributed by atoms with Gasteiger partial charge in [-0.25, -0.2) is 9.36 Å². The summed E-state index contributed by atoms with van der Waals surface area (Å²) in [5, 5.41) is 8.81. The molecule has 0 spiro atoms. The molecule has 0 N–H and O–H groups in total. The Labute approximate surface area is 174 Å².